The summed E-state index contributed by atoms with van der Waals surface area (Å²) in [7, 11) is 0. The second-order valence-electron chi connectivity index (χ2n) is 22.4. The van der Waals surface area contributed by atoms with Gasteiger partial charge in [0.2, 0.25) is 70.9 Å². The summed E-state index contributed by atoms with van der Waals surface area (Å²) in [4.78, 5) is 190. The number of nitrogens with two attached hydrogens (primary N) is 3. The Bertz CT molecular complexity index is 3360. The van der Waals surface area contributed by atoms with Crippen molar-refractivity contribution in [1.82, 2.24) is 68.0 Å². The Kier molecular flexibility index (Phi) is 25.7. The van der Waals surface area contributed by atoms with Gasteiger partial charge >= 0.3 is 5.97 Å². The highest BCUT2D eigenvalue weighted by Crippen LogP contribution is 2.23. The Morgan fingerprint density at radius 1 is 0.571 bits per heavy atom. The van der Waals surface area contributed by atoms with Crippen LogP contribution in [0.2, 0.25) is 0 Å². The zero-order valence-corrected chi connectivity index (χ0v) is 50.1. The lowest BCUT2D eigenvalue weighted by Crippen LogP contribution is -2.61. The summed E-state index contributed by atoms with van der Waals surface area (Å²) in [5.74, 6) is -14.4. The number of hydrogen-bond acceptors (Lipinski definition) is 16. The summed E-state index contributed by atoms with van der Waals surface area (Å²) < 4.78 is 0. The van der Waals surface area contributed by atoms with Crippen LogP contribution in [0.5, 0.6) is 0 Å². The molecular weight excluding hydrogens is 1190 g/mol. The molecule has 0 aliphatic carbocycles. The molecule has 0 radical (unpaired) electrons. The normalized spacial score (nSPS) is 23.7. The zero-order valence-electron chi connectivity index (χ0n) is 50.1. The summed E-state index contributed by atoms with van der Waals surface area (Å²) in [6.07, 6.45) is 0.616. The number of H-pyrrole nitrogens is 2. The van der Waals surface area contributed by atoms with Gasteiger partial charge in [-0.25, -0.2) is 0 Å². The van der Waals surface area contributed by atoms with Gasteiger partial charge in [0.25, 0.3) is 0 Å². The van der Waals surface area contributed by atoms with Crippen molar-refractivity contribution in [3.05, 3.63) is 72.1 Å². The van der Waals surface area contributed by atoms with Crippen LogP contribution in [-0.2, 0) is 75.2 Å². The van der Waals surface area contributed by atoms with E-state index in [4.69, 9.17) is 17.2 Å². The molecule has 0 spiro atoms. The van der Waals surface area contributed by atoms with Crippen LogP contribution in [0, 0.1) is 5.92 Å². The number of hydrogen-bond donors (Lipinski definition) is 18. The van der Waals surface area contributed by atoms with Crippen LogP contribution in [0.1, 0.15) is 76.3 Å². The highest BCUT2D eigenvalue weighted by atomic mass is 16.4. The average Bonchev–Trinajstić information content (AvgIpc) is 1.89. The van der Waals surface area contributed by atoms with E-state index in [1.54, 1.807) is 74.8 Å². The average molecular weight is 1270 g/mol. The van der Waals surface area contributed by atoms with Crippen molar-refractivity contribution in [1.29, 1.82) is 0 Å². The minimum atomic E-state index is -1.93. The summed E-state index contributed by atoms with van der Waals surface area (Å²) in [6, 6.07) is -0.691. The van der Waals surface area contributed by atoms with E-state index in [1.165, 1.54) is 0 Å². The number of nitrogens with one attached hydrogen (secondary N) is 12. The summed E-state index contributed by atoms with van der Waals surface area (Å²) in [5, 5.41) is 56.5. The topological polar surface area (TPSA) is 528 Å². The molecule has 33 nitrogen and oxygen atoms in total. The highest BCUT2D eigenvalue weighted by molar-refractivity contribution is 6.00. The number of aromatic nitrogens is 2. The number of carbonyl (C=O) groups excluding carboxylic acids is 12. The highest BCUT2D eigenvalue weighted by Gasteiger charge is 2.41. The fourth-order valence-corrected chi connectivity index (χ4v) is 10.5. The van der Waals surface area contributed by atoms with Gasteiger partial charge < -0.3 is 101 Å². The largest absolute Gasteiger partial charge is 0.481 e. The first kappa shape index (κ1) is 69.9. The van der Waals surface area contributed by atoms with E-state index in [1.807, 2.05) is 0 Å². The van der Waals surface area contributed by atoms with Crippen molar-refractivity contribution in [3.8, 4) is 0 Å². The van der Waals surface area contributed by atoms with Gasteiger partial charge in [-0.2, -0.15) is 0 Å². The lowest BCUT2D eigenvalue weighted by atomic mass is 10.0. The molecule has 2 fully saturated rings. The minimum Gasteiger partial charge on any atom is -0.481 e. The van der Waals surface area contributed by atoms with Crippen LogP contribution >= 0.6 is 0 Å². The fourth-order valence-electron chi connectivity index (χ4n) is 10.5. The maximum absolute atomic E-state index is 14.6. The predicted octanol–water partition coefficient (Wildman–Crippen LogP) is -5.63. The number of carboxylic acid groups (broad SMARTS) is 1. The molecule has 0 bridgehead atoms. The number of fused-ring (bicyclic) bond motifs is 3. The number of aliphatic carboxylic acids is 1. The van der Waals surface area contributed by atoms with Gasteiger partial charge in [-0.1, -0.05) is 50.2 Å². The second-order valence-corrected chi connectivity index (χ2v) is 22.4. The molecule has 33 heteroatoms. The summed E-state index contributed by atoms with van der Waals surface area (Å²) in [6.45, 7) is -0.629. The van der Waals surface area contributed by atoms with Crippen LogP contribution in [0.4, 0.5) is 0 Å². The number of guanidine groups is 1. The number of nitrogens with zero attached hydrogens (tertiary/aromatic N) is 2. The molecule has 2 aromatic heterocycles. The van der Waals surface area contributed by atoms with Crippen molar-refractivity contribution in [2.45, 2.75) is 132 Å². The predicted molar refractivity (Wildman–Crippen MR) is 324 cm³/mol. The van der Waals surface area contributed by atoms with E-state index >= 15 is 0 Å². The quantitative estimate of drug-likeness (QED) is 0.0266. The Balaban J connectivity index is 1.37. The number of aliphatic hydroxyl groups excluding tert-OH is 2. The zero-order chi connectivity index (χ0) is 66.5. The molecule has 2 aliphatic heterocycles. The van der Waals surface area contributed by atoms with Crippen molar-refractivity contribution >= 4 is 105 Å². The molecule has 0 saturated carbocycles. The van der Waals surface area contributed by atoms with E-state index in [0.717, 1.165) is 4.90 Å². The van der Waals surface area contributed by atoms with E-state index < -0.39 is 177 Å². The van der Waals surface area contributed by atoms with E-state index in [-0.39, 0.29) is 69.9 Å². The molecule has 4 aromatic rings. The molecule has 21 N–H and O–H groups in total. The number of aromatic amines is 2. The first-order valence-corrected chi connectivity index (χ1v) is 29.5. The molecule has 91 heavy (non-hydrogen) atoms. The molecule has 492 valence electrons. The second kappa shape index (κ2) is 33.4. The molecule has 9 atom stereocenters. The molecular formula is C58H79N17O16. The first-order valence-electron chi connectivity index (χ1n) is 29.5. The molecule has 4 heterocycles. The van der Waals surface area contributed by atoms with Gasteiger partial charge in [0, 0.05) is 66.6 Å². The maximum atomic E-state index is 14.6. The Hall–Kier alpha value is -10.2. The number of primary amides is 1. The number of amides is 12. The van der Waals surface area contributed by atoms with E-state index in [0.29, 0.717) is 32.9 Å². The summed E-state index contributed by atoms with van der Waals surface area (Å²) in [5.41, 5.74) is 18.9. The van der Waals surface area contributed by atoms with Crippen LogP contribution in [0.15, 0.2) is 65.9 Å². The Labute approximate surface area is 520 Å². The fraction of sp³-hybridized carbons (Fsp3) is 0.483. The van der Waals surface area contributed by atoms with Crippen molar-refractivity contribution in [2.24, 2.45) is 28.1 Å². The number of carboxylic acids is 1. The van der Waals surface area contributed by atoms with Crippen LogP contribution in [-0.4, -0.2) is 207 Å². The SMILES string of the molecule is CC(C)C[C@@H]1NC(=O)CNC(=O)[C@H](CCCN=C(N)N)NC(=O)[C@H](Cc2c[nH]c3ccccc23)NC(=O)CNC(=O)[C@H](Cc2c[nH]c3ccccc23)NC(=O)[C@H](CCC(N)=O)NC(=O)[C@@H](CO)NC(=O)[C@@H]2CCCN2C(=O)[C@H](CC(=O)O)NC(=O)[C@H](CO)NC1=O. The number of aliphatic imine (C=N–C) groups is 1. The van der Waals surface area contributed by atoms with Crippen LogP contribution < -0.4 is 70.4 Å². The lowest BCUT2D eigenvalue weighted by Gasteiger charge is -2.30. The third-order valence-electron chi connectivity index (χ3n) is 15.0. The molecule has 2 aliphatic rings. The smallest absolute Gasteiger partial charge is 0.305 e. The Morgan fingerprint density at radius 3 is 1.55 bits per heavy atom. The van der Waals surface area contributed by atoms with Gasteiger partial charge in [-0.15, -0.1) is 0 Å². The van der Waals surface area contributed by atoms with Gasteiger partial charge in [0.1, 0.15) is 54.4 Å². The van der Waals surface area contributed by atoms with Gasteiger partial charge in [0.05, 0.1) is 32.7 Å². The van der Waals surface area contributed by atoms with Crippen LogP contribution in [0.3, 0.4) is 0 Å². The Morgan fingerprint density at radius 2 is 1.02 bits per heavy atom. The van der Waals surface area contributed by atoms with Crippen LogP contribution in [0.25, 0.3) is 21.8 Å². The number of rotatable bonds is 17. The third-order valence-corrected chi connectivity index (χ3v) is 15.0. The minimum absolute atomic E-state index is 0.0148. The maximum Gasteiger partial charge on any atom is 0.305 e. The van der Waals surface area contributed by atoms with Gasteiger partial charge in [0.15, 0.2) is 5.96 Å². The number of para-hydroxylation sites is 2. The molecule has 0 unspecified atom stereocenters. The van der Waals surface area contributed by atoms with E-state index in [9.17, 15) is 77.6 Å². The van der Waals surface area contributed by atoms with Crippen molar-refractivity contribution in [2.75, 3.05) is 39.4 Å². The number of aliphatic hydroxyl groups is 2. The van der Waals surface area contributed by atoms with Crippen molar-refractivity contribution in [3.63, 3.8) is 0 Å². The van der Waals surface area contributed by atoms with Crippen molar-refractivity contribution < 1.29 is 77.6 Å². The molecule has 2 aromatic carbocycles. The molecule has 12 amide bonds. The molecule has 6 rings (SSSR count). The lowest BCUT2D eigenvalue weighted by molar-refractivity contribution is -0.146. The molecule has 2 saturated heterocycles. The van der Waals surface area contributed by atoms with Gasteiger partial charge in [-0.05, 0) is 67.7 Å². The number of carbonyl (C=O) groups is 13. The summed E-state index contributed by atoms with van der Waals surface area (Å²) >= 11 is 0. The van der Waals surface area contributed by atoms with Gasteiger partial charge in [-0.3, -0.25) is 67.3 Å². The first-order chi connectivity index (χ1) is 43.3. The standard InChI is InChI=1S/C58H79N17O16/c1-29(2)19-38-52(86)73-42(27-76)55(89)72-41(22-48(81)82)57(91)75-18-8-14-44(75)56(90)74-43(28-77)54(88)70-37(15-16-45(59)78)51(85)71-39(20-30-23-63-34-11-5-3-9-32(30)34)50(84)66-26-47(80)68-40(21-31-24-64-35-12-6-4-10-33(31)35)53(87)69-36(13-7-17-62-58(60)61)49(83)65-25-46(79)67-38/h3-6,9-12,23-24,29,36-44,63-64,76-77H,7-8,13-22,25-28H2,1-2H3,(H2,59,78)(H,65,83)(H,66,84)(H,67,79)(H,68,80)(H,69,87)(H,70,88)(H,71,85)(H,72,89)(H,73,86)(H,74,90)(H,81,82)(H4,60,61,62)/t36-,37-,38-,39-,40-,41-,42-,43+,44-/m0/s1. The number of benzene rings is 2. The third kappa shape index (κ3) is 20.4. The monoisotopic (exact) mass is 1270 g/mol. The van der Waals surface area contributed by atoms with E-state index in [2.05, 4.69) is 68.1 Å².